The van der Waals surface area contributed by atoms with Crippen LogP contribution in [0.3, 0.4) is 0 Å². The van der Waals surface area contributed by atoms with Gasteiger partial charge in [-0.25, -0.2) is 18.4 Å². The number of nitrogens with one attached hydrogen (secondary N) is 1. The Morgan fingerprint density at radius 2 is 2.08 bits per heavy atom. The minimum atomic E-state index is -3.06. The number of nitrogens with zero attached hydrogens (tertiary/aromatic N) is 3. The highest BCUT2D eigenvalue weighted by molar-refractivity contribution is 7.91. The molecule has 1 atom stereocenters. The first kappa shape index (κ1) is 17.6. The minimum absolute atomic E-state index is 0.00888. The number of benzene rings is 1. The maximum atomic E-state index is 12.6. The number of sulfone groups is 1. The van der Waals surface area contributed by atoms with E-state index in [4.69, 9.17) is 11.6 Å². The van der Waals surface area contributed by atoms with Gasteiger partial charge in [0.25, 0.3) is 5.91 Å². The highest BCUT2D eigenvalue weighted by Gasteiger charge is 2.33. The molecule has 2 heterocycles. The number of halogens is 1. The zero-order valence-corrected chi connectivity index (χ0v) is 15.1. The summed E-state index contributed by atoms with van der Waals surface area (Å²) in [6.07, 6.45) is 1.73. The number of carbonyl (C=O) groups excluding carboxylic acids is 1. The SMILES string of the molecule is CN(C(=O)c1cc(Nc2ccccc2Cl)ncn1)C1CCS(=O)(=O)C1. The van der Waals surface area contributed by atoms with E-state index >= 15 is 0 Å². The zero-order chi connectivity index (χ0) is 18.0. The Hall–Kier alpha value is -2.19. The van der Waals surface area contributed by atoms with E-state index in [0.29, 0.717) is 22.9 Å². The van der Waals surface area contributed by atoms with Gasteiger partial charge in [0.1, 0.15) is 17.8 Å². The molecule has 0 bridgehead atoms. The summed E-state index contributed by atoms with van der Waals surface area (Å²) < 4.78 is 23.2. The second-order valence-electron chi connectivity index (χ2n) is 5.87. The van der Waals surface area contributed by atoms with Crippen molar-refractivity contribution >= 4 is 38.9 Å². The Bertz CT molecular complexity index is 904. The quantitative estimate of drug-likeness (QED) is 0.873. The van der Waals surface area contributed by atoms with Gasteiger partial charge in [-0.1, -0.05) is 23.7 Å². The van der Waals surface area contributed by atoms with Crippen LogP contribution in [0.1, 0.15) is 16.9 Å². The molecule has 0 saturated carbocycles. The Balaban J connectivity index is 1.77. The predicted molar refractivity (Wildman–Crippen MR) is 95.9 cm³/mol. The van der Waals surface area contributed by atoms with Crippen molar-refractivity contribution in [2.75, 3.05) is 23.9 Å². The molecule has 132 valence electrons. The van der Waals surface area contributed by atoms with E-state index < -0.39 is 9.84 Å². The molecule has 25 heavy (non-hydrogen) atoms. The largest absolute Gasteiger partial charge is 0.339 e. The molecule has 1 amide bonds. The van der Waals surface area contributed by atoms with Crippen LogP contribution < -0.4 is 5.32 Å². The van der Waals surface area contributed by atoms with Gasteiger partial charge in [0.05, 0.1) is 22.2 Å². The predicted octanol–water partition coefficient (Wildman–Crippen LogP) is 2.13. The molecule has 1 unspecified atom stereocenters. The minimum Gasteiger partial charge on any atom is -0.339 e. The van der Waals surface area contributed by atoms with Crippen LogP contribution in [0.2, 0.25) is 5.02 Å². The Labute approximate surface area is 151 Å². The summed E-state index contributed by atoms with van der Waals surface area (Å²) in [5.74, 6) is 0.189. The molecule has 0 radical (unpaired) electrons. The number of anilines is 2. The third kappa shape index (κ3) is 4.08. The highest BCUT2D eigenvalue weighted by atomic mass is 35.5. The molecule has 1 saturated heterocycles. The summed E-state index contributed by atoms with van der Waals surface area (Å²) in [5, 5.41) is 3.57. The number of hydrogen-bond donors (Lipinski definition) is 1. The number of carbonyl (C=O) groups is 1. The lowest BCUT2D eigenvalue weighted by Gasteiger charge is -2.23. The van der Waals surface area contributed by atoms with Crippen molar-refractivity contribution in [2.24, 2.45) is 0 Å². The molecule has 0 spiro atoms. The number of hydrogen-bond acceptors (Lipinski definition) is 6. The first-order chi connectivity index (χ1) is 11.9. The van der Waals surface area contributed by atoms with Gasteiger partial charge in [-0.05, 0) is 18.6 Å². The standard InChI is InChI=1S/C16H17ClN4O3S/c1-21(11-6-7-25(23,24)9-11)16(22)14-8-15(19-10-18-14)20-13-5-3-2-4-12(13)17/h2-5,8,10-11H,6-7,9H2,1H3,(H,18,19,20). The van der Waals surface area contributed by atoms with Gasteiger partial charge in [0.15, 0.2) is 9.84 Å². The maximum Gasteiger partial charge on any atom is 0.272 e. The van der Waals surface area contributed by atoms with Crippen LogP contribution in [0.25, 0.3) is 0 Å². The van der Waals surface area contributed by atoms with E-state index in [2.05, 4.69) is 15.3 Å². The third-order valence-corrected chi connectivity index (χ3v) is 6.18. The maximum absolute atomic E-state index is 12.6. The smallest absolute Gasteiger partial charge is 0.272 e. The van der Waals surface area contributed by atoms with Gasteiger partial charge < -0.3 is 10.2 Å². The number of rotatable bonds is 4. The fourth-order valence-electron chi connectivity index (χ4n) is 2.67. The molecule has 1 N–H and O–H groups in total. The molecule has 1 aliphatic heterocycles. The van der Waals surface area contributed by atoms with E-state index in [0.717, 1.165) is 0 Å². The zero-order valence-electron chi connectivity index (χ0n) is 13.5. The van der Waals surface area contributed by atoms with Crippen molar-refractivity contribution in [3.63, 3.8) is 0 Å². The summed E-state index contributed by atoms with van der Waals surface area (Å²) in [7, 11) is -1.47. The van der Waals surface area contributed by atoms with Gasteiger partial charge in [0, 0.05) is 19.2 Å². The average molecular weight is 381 g/mol. The summed E-state index contributed by atoms with van der Waals surface area (Å²) in [4.78, 5) is 22.1. The topological polar surface area (TPSA) is 92.3 Å². The van der Waals surface area contributed by atoms with Crippen LogP contribution in [0.4, 0.5) is 11.5 Å². The Morgan fingerprint density at radius 1 is 1.32 bits per heavy atom. The fourth-order valence-corrected chi connectivity index (χ4v) is 4.63. The third-order valence-electron chi connectivity index (χ3n) is 4.10. The monoisotopic (exact) mass is 380 g/mol. The van der Waals surface area contributed by atoms with Gasteiger partial charge in [-0.3, -0.25) is 4.79 Å². The highest BCUT2D eigenvalue weighted by Crippen LogP contribution is 2.24. The average Bonchev–Trinajstić information content (AvgIpc) is 2.96. The molecule has 9 heteroatoms. The van der Waals surface area contributed by atoms with E-state index in [9.17, 15) is 13.2 Å². The lowest BCUT2D eigenvalue weighted by Crippen LogP contribution is -2.38. The van der Waals surface area contributed by atoms with Crippen LogP contribution in [0.5, 0.6) is 0 Å². The summed E-state index contributed by atoms with van der Waals surface area (Å²) in [6, 6.07) is 8.37. The molecule has 1 aliphatic rings. The van der Waals surface area contributed by atoms with E-state index in [1.54, 1.807) is 19.2 Å². The van der Waals surface area contributed by atoms with Gasteiger partial charge in [-0.2, -0.15) is 0 Å². The molecular weight excluding hydrogens is 364 g/mol. The number of para-hydroxylation sites is 1. The number of aromatic nitrogens is 2. The van der Waals surface area contributed by atoms with Crippen LogP contribution >= 0.6 is 11.6 Å². The molecular formula is C16H17ClN4O3S. The van der Waals surface area contributed by atoms with Gasteiger partial charge in [-0.15, -0.1) is 0 Å². The lowest BCUT2D eigenvalue weighted by atomic mass is 10.2. The Morgan fingerprint density at radius 3 is 2.76 bits per heavy atom. The molecule has 3 rings (SSSR count). The lowest BCUT2D eigenvalue weighted by molar-refractivity contribution is 0.0741. The van der Waals surface area contributed by atoms with Crippen molar-refractivity contribution in [3.8, 4) is 0 Å². The molecule has 2 aromatic rings. The molecule has 0 aliphatic carbocycles. The van der Waals surface area contributed by atoms with Crippen LogP contribution in [0, 0.1) is 0 Å². The first-order valence-electron chi connectivity index (χ1n) is 7.67. The van der Waals surface area contributed by atoms with E-state index in [1.807, 2.05) is 12.1 Å². The number of amides is 1. The molecule has 1 aromatic heterocycles. The fraction of sp³-hybridized carbons (Fsp3) is 0.312. The van der Waals surface area contributed by atoms with Crippen LogP contribution in [0.15, 0.2) is 36.7 Å². The van der Waals surface area contributed by atoms with Crippen molar-refractivity contribution < 1.29 is 13.2 Å². The second-order valence-corrected chi connectivity index (χ2v) is 8.50. The molecule has 1 fully saturated rings. The van der Waals surface area contributed by atoms with E-state index in [1.165, 1.54) is 17.3 Å². The van der Waals surface area contributed by atoms with Crippen LogP contribution in [-0.2, 0) is 9.84 Å². The van der Waals surface area contributed by atoms with Crippen molar-refractivity contribution in [1.82, 2.24) is 14.9 Å². The second kappa shape index (κ2) is 6.97. The van der Waals surface area contributed by atoms with Crippen molar-refractivity contribution in [3.05, 3.63) is 47.4 Å². The van der Waals surface area contributed by atoms with E-state index in [-0.39, 0.29) is 29.1 Å². The molecule has 7 nitrogen and oxygen atoms in total. The normalized spacial score (nSPS) is 18.7. The molecule has 1 aromatic carbocycles. The Kier molecular flexibility index (Phi) is 4.91. The van der Waals surface area contributed by atoms with Crippen molar-refractivity contribution in [2.45, 2.75) is 12.5 Å². The summed E-state index contributed by atoms with van der Waals surface area (Å²) >= 11 is 6.10. The van der Waals surface area contributed by atoms with Crippen LogP contribution in [-0.4, -0.2) is 53.8 Å². The first-order valence-corrected chi connectivity index (χ1v) is 9.87. The summed E-state index contributed by atoms with van der Waals surface area (Å²) in [6.45, 7) is 0. The summed E-state index contributed by atoms with van der Waals surface area (Å²) in [5.41, 5.74) is 0.854. The van der Waals surface area contributed by atoms with Gasteiger partial charge >= 0.3 is 0 Å². The van der Waals surface area contributed by atoms with Crippen molar-refractivity contribution in [1.29, 1.82) is 0 Å². The van der Waals surface area contributed by atoms with Gasteiger partial charge in [0.2, 0.25) is 0 Å².